The lowest BCUT2D eigenvalue weighted by Crippen LogP contribution is -1.78. The topological polar surface area (TPSA) is 0 Å². The van der Waals surface area contributed by atoms with Gasteiger partial charge in [0.2, 0.25) is 0 Å². The molecule has 0 fully saturated rings. The number of hydrogen-bond acceptors (Lipinski definition) is 1. The fourth-order valence-electron chi connectivity index (χ4n) is 1.83. The second-order valence-corrected chi connectivity index (χ2v) is 6.73. The van der Waals surface area contributed by atoms with Crippen molar-refractivity contribution in [3.63, 3.8) is 0 Å². The van der Waals surface area contributed by atoms with Crippen LogP contribution in [-0.2, 0) is 0 Å². The standard InChI is InChI=1S/C14H8BrIS/c15-13-10-6-2-4-8-12(10)17-14(13)9-5-1-3-7-11(9)16/h1-8H. The molecule has 1 aromatic heterocycles. The number of halogens is 2. The summed E-state index contributed by atoms with van der Waals surface area (Å²) in [5.74, 6) is 0. The molecule has 0 saturated carbocycles. The Bertz CT molecular complexity index is 688. The zero-order valence-electron chi connectivity index (χ0n) is 8.78. The molecular formula is C14H8BrIS. The van der Waals surface area contributed by atoms with Gasteiger partial charge in [-0.3, -0.25) is 0 Å². The monoisotopic (exact) mass is 414 g/mol. The fourth-order valence-corrected chi connectivity index (χ4v) is 4.74. The molecule has 0 saturated heterocycles. The number of hydrogen-bond donors (Lipinski definition) is 0. The van der Waals surface area contributed by atoms with E-state index in [-0.39, 0.29) is 0 Å². The van der Waals surface area contributed by atoms with E-state index in [1.807, 2.05) is 11.3 Å². The van der Waals surface area contributed by atoms with Crippen LogP contribution in [0, 0.1) is 3.57 Å². The molecule has 3 rings (SSSR count). The normalized spacial score (nSPS) is 10.9. The van der Waals surface area contributed by atoms with Crippen molar-refractivity contribution in [2.45, 2.75) is 0 Å². The summed E-state index contributed by atoms with van der Waals surface area (Å²) >= 11 is 7.96. The average molecular weight is 415 g/mol. The van der Waals surface area contributed by atoms with Gasteiger partial charge in [0.05, 0.1) is 4.88 Å². The minimum absolute atomic E-state index is 1.21. The fraction of sp³-hybridized carbons (Fsp3) is 0. The second-order valence-electron chi connectivity index (χ2n) is 3.72. The minimum atomic E-state index is 1.21. The van der Waals surface area contributed by atoms with Crippen LogP contribution in [-0.4, -0.2) is 0 Å². The van der Waals surface area contributed by atoms with Crippen LogP contribution in [0.5, 0.6) is 0 Å². The van der Waals surface area contributed by atoms with Crippen LogP contribution in [0.1, 0.15) is 0 Å². The molecule has 3 heteroatoms. The Morgan fingerprint density at radius 2 is 1.65 bits per heavy atom. The highest BCUT2D eigenvalue weighted by Gasteiger charge is 2.12. The van der Waals surface area contributed by atoms with Gasteiger partial charge in [0, 0.05) is 23.7 Å². The molecule has 0 amide bonds. The molecule has 0 nitrogen and oxygen atoms in total. The highest BCUT2D eigenvalue weighted by atomic mass is 127. The van der Waals surface area contributed by atoms with E-state index >= 15 is 0 Å². The van der Waals surface area contributed by atoms with Crippen molar-refractivity contribution in [1.29, 1.82) is 0 Å². The minimum Gasteiger partial charge on any atom is -0.134 e. The molecule has 0 N–H and O–H groups in total. The van der Waals surface area contributed by atoms with Crippen molar-refractivity contribution in [2.75, 3.05) is 0 Å². The molecule has 0 atom stereocenters. The van der Waals surface area contributed by atoms with E-state index in [1.165, 1.54) is 28.6 Å². The molecule has 0 spiro atoms. The van der Waals surface area contributed by atoms with Crippen molar-refractivity contribution in [2.24, 2.45) is 0 Å². The van der Waals surface area contributed by atoms with Gasteiger partial charge in [0.25, 0.3) is 0 Å². The lowest BCUT2D eigenvalue weighted by atomic mass is 10.1. The number of thiophene rings is 1. The second kappa shape index (κ2) is 4.71. The molecule has 1 heterocycles. The van der Waals surface area contributed by atoms with Crippen molar-refractivity contribution < 1.29 is 0 Å². The third-order valence-corrected chi connectivity index (χ3v) is 5.88. The van der Waals surface area contributed by atoms with Gasteiger partial charge in [-0.2, -0.15) is 0 Å². The maximum Gasteiger partial charge on any atom is 0.0508 e. The van der Waals surface area contributed by atoms with Gasteiger partial charge < -0.3 is 0 Å². The molecule has 3 aromatic rings. The van der Waals surface area contributed by atoms with E-state index in [4.69, 9.17) is 0 Å². The Balaban J connectivity index is 2.32. The Hall–Kier alpha value is -0.390. The summed E-state index contributed by atoms with van der Waals surface area (Å²) in [4.78, 5) is 1.32. The van der Waals surface area contributed by atoms with Gasteiger partial charge in [-0.25, -0.2) is 0 Å². The van der Waals surface area contributed by atoms with Crippen LogP contribution in [0.15, 0.2) is 53.0 Å². The smallest absolute Gasteiger partial charge is 0.0508 e. The lowest BCUT2D eigenvalue weighted by Gasteiger charge is -2.01. The summed E-state index contributed by atoms with van der Waals surface area (Å²) in [6, 6.07) is 17.0. The Morgan fingerprint density at radius 3 is 2.41 bits per heavy atom. The lowest BCUT2D eigenvalue weighted by molar-refractivity contribution is 1.63. The predicted octanol–water partition coefficient (Wildman–Crippen LogP) is 5.94. The Labute approximate surface area is 126 Å². The first-order chi connectivity index (χ1) is 8.27. The zero-order chi connectivity index (χ0) is 11.8. The molecule has 84 valence electrons. The maximum absolute atomic E-state index is 3.73. The summed E-state index contributed by atoms with van der Waals surface area (Å²) in [5, 5.41) is 1.30. The first-order valence-electron chi connectivity index (χ1n) is 5.19. The molecule has 0 aliphatic carbocycles. The molecule has 0 aliphatic rings. The van der Waals surface area contributed by atoms with Crippen LogP contribution in [0.25, 0.3) is 20.5 Å². The van der Waals surface area contributed by atoms with Crippen molar-refractivity contribution in [3.8, 4) is 10.4 Å². The highest BCUT2D eigenvalue weighted by molar-refractivity contribution is 14.1. The van der Waals surface area contributed by atoms with Gasteiger partial charge in [0.15, 0.2) is 0 Å². The first-order valence-corrected chi connectivity index (χ1v) is 7.88. The van der Waals surface area contributed by atoms with Gasteiger partial charge >= 0.3 is 0 Å². The summed E-state index contributed by atoms with van der Waals surface area (Å²) in [7, 11) is 0. The SMILES string of the molecule is Brc1c(-c2ccccc2I)sc2ccccc12. The molecule has 0 radical (unpaired) electrons. The van der Waals surface area contributed by atoms with E-state index in [1.54, 1.807) is 0 Å². The number of rotatable bonds is 1. The third-order valence-electron chi connectivity index (χ3n) is 2.65. The van der Waals surface area contributed by atoms with E-state index < -0.39 is 0 Å². The summed E-state index contributed by atoms with van der Waals surface area (Å²) in [6.45, 7) is 0. The van der Waals surface area contributed by atoms with E-state index in [0.717, 1.165) is 0 Å². The molecule has 2 aromatic carbocycles. The van der Waals surface area contributed by atoms with Crippen molar-refractivity contribution in [3.05, 3.63) is 56.6 Å². The van der Waals surface area contributed by atoms with Crippen LogP contribution < -0.4 is 0 Å². The molecule has 17 heavy (non-hydrogen) atoms. The number of fused-ring (bicyclic) bond motifs is 1. The average Bonchev–Trinajstić information content (AvgIpc) is 2.68. The third kappa shape index (κ3) is 2.04. The van der Waals surface area contributed by atoms with Crippen LogP contribution in [0.2, 0.25) is 0 Å². The maximum atomic E-state index is 3.73. The largest absolute Gasteiger partial charge is 0.134 e. The summed E-state index contributed by atoms with van der Waals surface area (Å²) < 4.78 is 3.83. The van der Waals surface area contributed by atoms with E-state index in [9.17, 15) is 0 Å². The molecule has 0 unspecified atom stereocenters. The van der Waals surface area contributed by atoms with Crippen molar-refractivity contribution >= 4 is 59.9 Å². The molecule has 0 bridgehead atoms. The summed E-state index contributed by atoms with van der Waals surface area (Å²) in [5.41, 5.74) is 1.31. The quantitative estimate of drug-likeness (QED) is 0.432. The Morgan fingerprint density at radius 1 is 0.941 bits per heavy atom. The molecule has 0 aliphatic heterocycles. The van der Waals surface area contributed by atoms with Gasteiger partial charge in [-0.05, 0) is 50.7 Å². The highest BCUT2D eigenvalue weighted by Crippen LogP contribution is 2.43. The van der Waals surface area contributed by atoms with Crippen molar-refractivity contribution in [1.82, 2.24) is 0 Å². The van der Waals surface area contributed by atoms with Gasteiger partial charge in [-0.15, -0.1) is 11.3 Å². The Kier molecular flexibility index (Phi) is 3.23. The van der Waals surface area contributed by atoms with Crippen LogP contribution in [0.4, 0.5) is 0 Å². The van der Waals surface area contributed by atoms with E-state index in [0.29, 0.717) is 0 Å². The zero-order valence-corrected chi connectivity index (χ0v) is 13.3. The van der Waals surface area contributed by atoms with E-state index in [2.05, 4.69) is 87.1 Å². The first kappa shape index (κ1) is 11.7. The predicted molar refractivity (Wildman–Crippen MR) is 87.7 cm³/mol. The van der Waals surface area contributed by atoms with Crippen LogP contribution >= 0.6 is 49.9 Å². The van der Waals surface area contributed by atoms with Crippen LogP contribution in [0.3, 0.4) is 0 Å². The number of benzene rings is 2. The molecular weight excluding hydrogens is 407 g/mol. The van der Waals surface area contributed by atoms with Gasteiger partial charge in [-0.1, -0.05) is 36.4 Å². The van der Waals surface area contributed by atoms with Gasteiger partial charge in [0.1, 0.15) is 0 Å². The summed E-state index contributed by atoms with van der Waals surface area (Å²) in [6.07, 6.45) is 0.